The first-order valence-corrected chi connectivity index (χ1v) is 12.2. The van der Waals surface area contributed by atoms with Crippen molar-refractivity contribution in [3.8, 4) is 5.75 Å². The van der Waals surface area contributed by atoms with Crippen molar-refractivity contribution < 1.29 is 22.7 Å². The van der Waals surface area contributed by atoms with Crippen LogP contribution in [0.25, 0.3) is 0 Å². The Balaban J connectivity index is 2.13. The van der Waals surface area contributed by atoms with E-state index in [0.29, 0.717) is 24.4 Å². The summed E-state index contributed by atoms with van der Waals surface area (Å²) in [5.74, 6) is 0.0631. The van der Waals surface area contributed by atoms with Gasteiger partial charge in [0.15, 0.2) is 0 Å². The van der Waals surface area contributed by atoms with Gasteiger partial charge in [-0.3, -0.25) is 13.9 Å². The van der Waals surface area contributed by atoms with Gasteiger partial charge in [-0.05, 0) is 31.0 Å². The fourth-order valence-electron chi connectivity index (χ4n) is 3.34. The second kappa shape index (κ2) is 11.5. The van der Waals surface area contributed by atoms with E-state index in [1.165, 1.54) is 23.4 Å². The van der Waals surface area contributed by atoms with E-state index in [1.54, 1.807) is 31.2 Å². The summed E-state index contributed by atoms with van der Waals surface area (Å²) >= 11 is 0. The molecule has 2 aromatic carbocycles. The van der Waals surface area contributed by atoms with Crippen LogP contribution >= 0.6 is 0 Å². The number of carbonyl (C=O) groups excluding carboxylic acids is 2. The number of benzene rings is 2. The molecule has 0 saturated heterocycles. The zero-order valence-electron chi connectivity index (χ0n) is 18.9. The summed E-state index contributed by atoms with van der Waals surface area (Å²) < 4.78 is 31.2. The van der Waals surface area contributed by atoms with Crippen molar-refractivity contribution >= 4 is 27.5 Å². The van der Waals surface area contributed by atoms with Gasteiger partial charge in [-0.15, -0.1) is 0 Å². The maximum atomic E-state index is 13.0. The maximum absolute atomic E-state index is 13.0. The Kier molecular flexibility index (Phi) is 9.07. The van der Waals surface area contributed by atoms with Crippen LogP contribution in [0.15, 0.2) is 54.6 Å². The van der Waals surface area contributed by atoms with E-state index in [4.69, 9.17) is 4.74 Å². The molecule has 0 saturated carbocycles. The first-order chi connectivity index (χ1) is 15.2. The van der Waals surface area contributed by atoms with Gasteiger partial charge in [-0.1, -0.05) is 36.4 Å². The minimum Gasteiger partial charge on any atom is -0.497 e. The highest BCUT2D eigenvalue weighted by Crippen LogP contribution is 2.23. The second-order valence-corrected chi connectivity index (χ2v) is 9.34. The van der Waals surface area contributed by atoms with Gasteiger partial charge in [0.05, 0.1) is 19.1 Å². The van der Waals surface area contributed by atoms with Crippen LogP contribution in [0.2, 0.25) is 0 Å². The van der Waals surface area contributed by atoms with Gasteiger partial charge in [0, 0.05) is 32.6 Å². The van der Waals surface area contributed by atoms with Crippen molar-refractivity contribution in [2.45, 2.75) is 32.4 Å². The molecule has 1 N–H and O–H groups in total. The fourth-order valence-corrected chi connectivity index (χ4v) is 4.30. The van der Waals surface area contributed by atoms with E-state index in [1.807, 2.05) is 30.3 Å². The van der Waals surface area contributed by atoms with Gasteiger partial charge in [-0.25, -0.2) is 8.42 Å². The van der Waals surface area contributed by atoms with Crippen LogP contribution in [0.5, 0.6) is 5.75 Å². The Bertz CT molecular complexity index is 1010. The van der Waals surface area contributed by atoms with Crippen molar-refractivity contribution in [3.63, 3.8) is 0 Å². The molecule has 2 amide bonds. The van der Waals surface area contributed by atoms with Crippen molar-refractivity contribution in [1.29, 1.82) is 0 Å². The van der Waals surface area contributed by atoms with E-state index in [9.17, 15) is 18.0 Å². The summed E-state index contributed by atoms with van der Waals surface area (Å²) in [5, 5.41) is 2.58. The Labute approximate surface area is 190 Å². The number of anilines is 1. The molecule has 32 heavy (non-hydrogen) atoms. The highest BCUT2D eigenvalue weighted by atomic mass is 32.2. The topological polar surface area (TPSA) is 96.0 Å². The highest BCUT2D eigenvalue weighted by Gasteiger charge is 2.26. The predicted octanol–water partition coefficient (Wildman–Crippen LogP) is 2.40. The molecular weight excluding hydrogens is 430 g/mol. The molecule has 8 nitrogen and oxygen atoms in total. The minimum absolute atomic E-state index is 0.101. The smallest absolute Gasteiger partial charge is 0.242 e. The number of hydrogen-bond acceptors (Lipinski definition) is 5. The highest BCUT2D eigenvalue weighted by molar-refractivity contribution is 7.92. The molecule has 0 heterocycles. The molecule has 1 atom stereocenters. The lowest BCUT2D eigenvalue weighted by molar-refractivity contribution is -0.140. The minimum atomic E-state index is -3.55. The SMILES string of the molecule is CNC(=O)C(C)N(Cc1ccccc1)C(=O)CCCN(c1cccc(OC)c1)S(C)(=O)=O. The lowest BCUT2D eigenvalue weighted by Crippen LogP contribution is -2.46. The summed E-state index contributed by atoms with van der Waals surface area (Å²) in [4.78, 5) is 26.8. The third kappa shape index (κ3) is 6.98. The zero-order chi connectivity index (χ0) is 23.7. The molecule has 2 rings (SSSR count). The van der Waals surface area contributed by atoms with Crippen LogP contribution in [0.3, 0.4) is 0 Å². The van der Waals surface area contributed by atoms with Crippen LogP contribution in [-0.4, -0.2) is 58.1 Å². The number of hydrogen-bond donors (Lipinski definition) is 1. The molecule has 1 unspecified atom stereocenters. The second-order valence-electron chi connectivity index (χ2n) is 7.44. The van der Waals surface area contributed by atoms with Crippen molar-refractivity contribution in [3.05, 3.63) is 60.2 Å². The number of nitrogens with zero attached hydrogens (tertiary/aromatic N) is 2. The number of rotatable bonds is 11. The number of nitrogens with one attached hydrogen (secondary N) is 1. The molecule has 2 aromatic rings. The van der Waals surface area contributed by atoms with Crippen LogP contribution in [0.1, 0.15) is 25.3 Å². The van der Waals surface area contributed by atoms with E-state index in [2.05, 4.69) is 5.32 Å². The van der Waals surface area contributed by atoms with E-state index in [0.717, 1.165) is 11.8 Å². The number of amides is 2. The Morgan fingerprint density at radius 2 is 1.78 bits per heavy atom. The lowest BCUT2D eigenvalue weighted by Gasteiger charge is -2.29. The Morgan fingerprint density at radius 1 is 1.09 bits per heavy atom. The van der Waals surface area contributed by atoms with Crippen molar-refractivity contribution in [2.75, 3.05) is 31.3 Å². The number of ether oxygens (including phenoxy) is 1. The third-order valence-electron chi connectivity index (χ3n) is 5.10. The summed E-state index contributed by atoms with van der Waals surface area (Å²) in [6.45, 7) is 2.10. The van der Waals surface area contributed by atoms with Crippen molar-refractivity contribution in [1.82, 2.24) is 10.2 Å². The summed E-state index contributed by atoms with van der Waals surface area (Å²) in [5.41, 5.74) is 1.38. The molecule has 0 aliphatic rings. The first kappa shape index (κ1) is 25.2. The molecule has 0 fully saturated rings. The third-order valence-corrected chi connectivity index (χ3v) is 6.30. The van der Waals surface area contributed by atoms with Crippen LogP contribution in [-0.2, 0) is 26.2 Å². The number of carbonyl (C=O) groups is 2. The molecule has 0 aliphatic carbocycles. The van der Waals surface area contributed by atoms with E-state index in [-0.39, 0.29) is 24.8 Å². The lowest BCUT2D eigenvalue weighted by atomic mass is 10.1. The molecule has 0 radical (unpaired) electrons. The normalized spacial score (nSPS) is 12.0. The van der Waals surface area contributed by atoms with Crippen LogP contribution < -0.4 is 14.4 Å². The standard InChI is InChI=1S/C23H31N3O5S/c1-18(23(28)24-2)25(17-19-10-6-5-7-11-19)22(27)14-9-15-26(32(4,29)30)20-12-8-13-21(16-20)31-3/h5-8,10-13,16,18H,9,14-15,17H2,1-4H3,(H,24,28). The molecule has 0 spiro atoms. The quantitative estimate of drug-likeness (QED) is 0.554. The van der Waals surface area contributed by atoms with Crippen molar-refractivity contribution in [2.24, 2.45) is 0 Å². The van der Waals surface area contributed by atoms with Gasteiger partial charge < -0.3 is 15.0 Å². The molecule has 0 aromatic heterocycles. The molecule has 9 heteroatoms. The van der Waals surface area contributed by atoms with Gasteiger partial charge in [0.25, 0.3) is 0 Å². The monoisotopic (exact) mass is 461 g/mol. The number of sulfonamides is 1. The number of methoxy groups -OCH3 is 1. The zero-order valence-corrected chi connectivity index (χ0v) is 19.8. The molecule has 0 bridgehead atoms. The molecular formula is C23H31N3O5S. The van der Waals surface area contributed by atoms with Crippen LogP contribution in [0.4, 0.5) is 5.69 Å². The molecule has 174 valence electrons. The maximum Gasteiger partial charge on any atom is 0.242 e. The average molecular weight is 462 g/mol. The van der Waals surface area contributed by atoms with Gasteiger partial charge in [-0.2, -0.15) is 0 Å². The molecule has 0 aliphatic heterocycles. The first-order valence-electron chi connectivity index (χ1n) is 10.3. The van der Waals surface area contributed by atoms with Gasteiger partial charge in [0.1, 0.15) is 11.8 Å². The van der Waals surface area contributed by atoms with Crippen LogP contribution in [0, 0.1) is 0 Å². The summed E-state index contributed by atoms with van der Waals surface area (Å²) in [6.07, 6.45) is 1.53. The number of likely N-dealkylation sites (N-methyl/N-ethyl adjacent to an activating group) is 1. The van der Waals surface area contributed by atoms with E-state index >= 15 is 0 Å². The Morgan fingerprint density at radius 3 is 2.38 bits per heavy atom. The largest absolute Gasteiger partial charge is 0.497 e. The average Bonchev–Trinajstić information content (AvgIpc) is 2.79. The fraction of sp³-hybridized carbons (Fsp3) is 0.391. The summed E-state index contributed by atoms with van der Waals surface area (Å²) in [6, 6.07) is 15.5. The Hall–Kier alpha value is -3.07. The summed E-state index contributed by atoms with van der Waals surface area (Å²) in [7, 11) is -0.513. The predicted molar refractivity (Wildman–Crippen MR) is 125 cm³/mol. The van der Waals surface area contributed by atoms with Gasteiger partial charge >= 0.3 is 0 Å². The van der Waals surface area contributed by atoms with Gasteiger partial charge in [0.2, 0.25) is 21.8 Å². The van der Waals surface area contributed by atoms with E-state index < -0.39 is 16.1 Å².